The number of hydrogen-bond acceptors (Lipinski definition) is 3. The number of amides is 1. The largest absolute Gasteiger partial charge is 0.355 e. The number of rotatable bonds is 7. The van der Waals surface area contributed by atoms with Crippen LogP contribution in [-0.4, -0.2) is 29.7 Å². The lowest BCUT2D eigenvalue weighted by Crippen LogP contribution is -2.24. The van der Waals surface area contributed by atoms with Gasteiger partial charge < -0.3 is 5.32 Å². The van der Waals surface area contributed by atoms with Gasteiger partial charge in [0, 0.05) is 25.1 Å². The van der Waals surface area contributed by atoms with Crippen molar-refractivity contribution in [2.24, 2.45) is 0 Å². The number of carbonyl (C=O) groups excluding carboxylic acids is 2. The van der Waals surface area contributed by atoms with Crippen molar-refractivity contribution in [1.82, 2.24) is 5.32 Å². The Morgan fingerprint density at radius 1 is 1.23 bits per heavy atom. The van der Waals surface area contributed by atoms with Gasteiger partial charge in [0.25, 0.3) is 0 Å². The van der Waals surface area contributed by atoms with E-state index in [1.807, 2.05) is 13.8 Å². The quantitative estimate of drug-likeness (QED) is 0.633. The molecule has 0 heterocycles. The molecular formula is C9H17NO2S. The van der Waals surface area contributed by atoms with Crippen molar-refractivity contribution in [1.29, 1.82) is 0 Å². The van der Waals surface area contributed by atoms with Gasteiger partial charge in [0.15, 0.2) is 0 Å². The lowest BCUT2D eigenvalue weighted by Gasteiger charge is -2.02. The Bertz CT molecular complexity index is 153. The van der Waals surface area contributed by atoms with Gasteiger partial charge in [-0.1, -0.05) is 13.8 Å². The topological polar surface area (TPSA) is 46.2 Å². The van der Waals surface area contributed by atoms with Crippen LogP contribution in [0.3, 0.4) is 0 Å². The third kappa shape index (κ3) is 7.84. The zero-order valence-electron chi connectivity index (χ0n) is 8.26. The molecule has 76 valence electrons. The Balaban J connectivity index is 3.17. The van der Waals surface area contributed by atoms with Crippen LogP contribution in [-0.2, 0) is 9.59 Å². The van der Waals surface area contributed by atoms with Crippen LogP contribution in [0.2, 0.25) is 0 Å². The molecule has 4 heteroatoms. The van der Waals surface area contributed by atoms with Gasteiger partial charge >= 0.3 is 0 Å². The fourth-order valence-electron chi connectivity index (χ4n) is 0.676. The molecule has 0 radical (unpaired) electrons. The smallest absolute Gasteiger partial charge is 0.219 e. The summed E-state index contributed by atoms with van der Waals surface area (Å²) in [5.74, 6) is 1.73. The molecule has 0 aromatic carbocycles. The molecule has 3 nitrogen and oxygen atoms in total. The first-order valence-electron chi connectivity index (χ1n) is 4.56. The average Bonchev–Trinajstić information content (AvgIpc) is 2.16. The van der Waals surface area contributed by atoms with Crippen molar-refractivity contribution in [3.63, 3.8) is 0 Å². The molecule has 0 aromatic heterocycles. The molecule has 0 fully saturated rings. The highest BCUT2D eigenvalue weighted by molar-refractivity contribution is 7.99. The monoisotopic (exact) mass is 203 g/mol. The Labute approximate surface area is 83.7 Å². The highest BCUT2D eigenvalue weighted by Crippen LogP contribution is 1.99. The summed E-state index contributed by atoms with van der Waals surface area (Å²) in [6, 6.07) is 0. The fourth-order valence-corrected chi connectivity index (χ4v) is 1.50. The summed E-state index contributed by atoms with van der Waals surface area (Å²) in [6.07, 6.45) is 1.13. The zero-order valence-corrected chi connectivity index (χ0v) is 9.08. The van der Waals surface area contributed by atoms with E-state index < -0.39 is 0 Å². The van der Waals surface area contributed by atoms with E-state index >= 15 is 0 Å². The maximum Gasteiger partial charge on any atom is 0.219 e. The molecule has 0 atom stereocenters. The van der Waals surface area contributed by atoms with Gasteiger partial charge in [0.1, 0.15) is 5.78 Å². The van der Waals surface area contributed by atoms with E-state index in [0.717, 1.165) is 5.75 Å². The Morgan fingerprint density at radius 2 is 1.92 bits per heavy atom. The van der Waals surface area contributed by atoms with Crippen LogP contribution >= 0.6 is 11.8 Å². The van der Waals surface area contributed by atoms with Crippen molar-refractivity contribution in [3.05, 3.63) is 0 Å². The molecule has 0 saturated carbocycles. The maximum absolute atomic E-state index is 10.9. The number of thioether (sulfide) groups is 1. The number of carbonyl (C=O) groups is 2. The van der Waals surface area contributed by atoms with Gasteiger partial charge in [0.05, 0.1) is 5.75 Å². The zero-order chi connectivity index (χ0) is 10.1. The highest BCUT2D eigenvalue weighted by atomic mass is 32.2. The summed E-state index contributed by atoms with van der Waals surface area (Å²) < 4.78 is 0. The second-order valence-corrected chi connectivity index (χ2v) is 3.75. The van der Waals surface area contributed by atoms with Crippen molar-refractivity contribution < 1.29 is 9.59 Å². The predicted molar refractivity (Wildman–Crippen MR) is 55.9 cm³/mol. The molecule has 0 aliphatic heterocycles. The minimum absolute atomic E-state index is 0.0717. The number of nitrogens with one attached hydrogen (secondary N) is 1. The van der Waals surface area contributed by atoms with Crippen LogP contribution in [0, 0.1) is 0 Å². The van der Waals surface area contributed by atoms with Gasteiger partial charge in [-0.2, -0.15) is 11.8 Å². The number of hydrogen-bond donors (Lipinski definition) is 1. The molecule has 1 N–H and O–H groups in total. The molecule has 0 rings (SSSR count). The standard InChI is InChI=1S/C9H17NO2S/c1-3-8(11)7-13-6-5-10-9(12)4-2/h3-7H2,1-2H3,(H,10,12). The molecule has 0 spiro atoms. The highest BCUT2D eigenvalue weighted by Gasteiger charge is 1.98. The van der Waals surface area contributed by atoms with Gasteiger partial charge in [0.2, 0.25) is 5.91 Å². The second-order valence-electron chi connectivity index (χ2n) is 2.65. The van der Waals surface area contributed by atoms with E-state index in [1.165, 1.54) is 0 Å². The van der Waals surface area contributed by atoms with Crippen LogP contribution in [0.25, 0.3) is 0 Å². The molecule has 0 aliphatic carbocycles. The predicted octanol–water partition coefficient (Wildman–Crippen LogP) is 1.22. The van der Waals surface area contributed by atoms with Crippen LogP contribution < -0.4 is 5.32 Å². The van der Waals surface area contributed by atoms with E-state index in [2.05, 4.69) is 5.32 Å². The van der Waals surface area contributed by atoms with Crippen LogP contribution in [0.4, 0.5) is 0 Å². The van der Waals surface area contributed by atoms with E-state index in [1.54, 1.807) is 11.8 Å². The summed E-state index contributed by atoms with van der Waals surface area (Å²) in [6.45, 7) is 4.35. The summed E-state index contributed by atoms with van der Waals surface area (Å²) in [5, 5.41) is 2.75. The molecule has 1 amide bonds. The van der Waals surface area contributed by atoms with Crippen LogP contribution in [0.1, 0.15) is 26.7 Å². The molecule has 0 bridgehead atoms. The first kappa shape index (κ1) is 12.5. The number of Topliss-reactive ketones (excluding diaryl/α,β-unsaturated/α-hetero) is 1. The molecular weight excluding hydrogens is 186 g/mol. The maximum atomic E-state index is 10.9. The van der Waals surface area contributed by atoms with E-state index in [0.29, 0.717) is 25.1 Å². The number of ketones is 1. The summed E-state index contributed by atoms with van der Waals surface area (Å²) in [7, 11) is 0. The lowest BCUT2D eigenvalue weighted by atomic mass is 10.4. The van der Waals surface area contributed by atoms with Crippen molar-refractivity contribution >= 4 is 23.5 Å². The Kier molecular flexibility index (Phi) is 7.79. The van der Waals surface area contributed by atoms with Crippen molar-refractivity contribution in [2.75, 3.05) is 18.1 Å². The van der Waals surface area contributed by atoms with Gasteiger partial charge in [-0.15, -0.1) is 0 Å². The van der Waals surface area contributed by atoms with E-state index in [9.17, 15) is 9.59 Å². The Morgan fingerprint density at radius 3 is 2.46 bits per heavy atom. The van der Waals surface area contributed by atoms with Gasteiger partial charge in [-0.25, -0.2) is 0 Å². The van der Waals surface area contributed by atoms with Gasteiger partial charge in [-0.05, 0) is 0 Å². The molecule has 0 saturated heterocycles. The van der Waals surface area contributed by atoms with Crippen molar-refractivity contribution in [2.45, 2.75) is 26.7 Å². The minimum atomic E-state index is 0.0717. The normalized spacial score (nSPS) is 9.69. The van der Waals surface area contributed by atoms with E-state index in [-0.39, 0.29) is 11.7 Å². The molecule has 0 unspecified atom stereocenters. The van der Waals surface area contributed by atoms with Crippen LogP contribution in [0.5, 0.6) is 0 Å². The van der Waals surface area contributed by atoms with E-state index in [4.69, 9.17) is 0 Å². The minimum Gasteiger partial charge on any atom is -0.355 e. The summed E-state index contributed by atoms with van der Waals surface area (Å²) in [5.41, 5.74) is 0. The Hall–Kier alpha value is -0.510. The lowest BCUT2D eigenvalue weighted by molar-refractivity contribution is -0.120. The summed E-state index contributed by atoms with van der Waals surface area (Å²) >= 11 is 1.57. The molecule has 0 aromatic rings. The first-order valence-corrected chi connectivity index (χ1v) is 5.72. The van der Waals surface area contributed by atoms with Crippen LogP contribution in [0.15, 0.2) is 0 Å². The first-order chi connectivity index (χ1) is 6.20. The fraction of sp³-hybridized carbons (Fsp3) is 0.778. The third-order valence-electron chi connectivity index (χ3n) is 1.55. The van der Waals surface area contributed by atoms with Gasteiger partial charge in [-0.3, -0.25) is 9.59 Å². The molecule has 0 aliphatic rings. The third-order valence-corrected chi connectivity index (χ3v) is 2.57. The average molecular weight is 203 g/mol. The second kappa shape index (κ2) is 8.10. The molecule has 13 heavy (non-hydrogen) atoms. The SMILES string of the molecule is CCC(=O)CSCCNC(=O)CC. The van der Waals surface area contributed by atoms with Crippen molar-refractivity contribution in [3.8, 4) is 0 Å². The summed E-state index contributed by atoms with van der Waals surface area (Å²) in [4.78, 5) is 21.6.